The van der Waals surface area contributed by atoms with Crippen LogP contribution in [0.4, 0.5) is 11.4 Å². The topological polar surface area (TPSA) is 81.1 Å². The number of allylic oxidation sites excluding steroid dienone is 4. The molecule has 8 rings (SSSR count). The van der Waals surface area contributed by atoms with Crippen molar-refractivity contribution in [3.05, 3.63) is 131 Å². The summed E-state index contributed by atoms with van der Waals surface area (Å²) < 4.78 is 4.12. The van der Waals surface area contributed by atoms with Crippen LogP contribution in [0.1, 0.15) is 12.8 Å². The molecule has 0 aliphatic carbocycles. The van der Waals surface area contributed by atoms with Crippen LogP contribution in [-0.2, 0) is 9.59 Å². The third kappa shape index (κ3) is 5.88. The van der Waals surface area contributed by atoms with Crippen LogP contribution in [0.25, 0.3) is 43.1 Å². The number of fused-ring (bicyclic) bond motifs is 12. The second kappa shape index (κ2) is 13.5. The van der Waals surface area contributed by atoms with E-state index in [4.69, 9.17) is 0 Å². The quantitative estimate of drug-likeness (QED) is 0.0979. The fourth-order valence-corrected chi connectivity index (χ4v) is 14.6. The van der Waals surface area contributed by atoms with Crippen LogP contribution in [0.5, 0.6) is 0 Å². The Morgan fingerprint density at radius 3 is 1.67 bits per heavy atom. The summed E-state index contributed by atoms with van der Waals surface area (Å²) in [5.41, 5.74) is 2.36. The summed E-state index contributed by atoms with van der Waals surface area (Å²) in [6, 6.07) is 34.1. The fourth-order valence-electron chi connectivity index (χ4n) is 7.05. The Morgan fingerprint density at radius 2 is 1.08 bits per heavy atom. The van der Waals surface area contributed by atoms with Gasteiger partial charge in [-0.15, -0.1) is 0 Å². The van der Waals surface area contributed by atoms with Gasteiger partial charge < -0.3 is 0 Å². The van der Waals surface area contributed by atoms with E-state index in [0.717, 1.165) is 5.69 Å². The van der Waals surface area contributed by atoms with E-state index < -0.39 is 53.8 Å². The van der Waals surface area contributed by atoms with Gasteiger partial charge in [0.2, 0.25) is 0 Å². The molecule has 49 heavy (non-hydrogen) atoms. The van der Waals surface area contributed by atoms with Crippen LogP contribution in [0.15, 0.2) is 131 Å². The SMILES string of the molecule is O=C(O)CCN1\C(=C/C=C/C=C/C2[Te]c3c(c4ccccc4c4ccccc34)N2CCC(=O)O)[Te]c2c1c1ccccc1c1ccccc21. The molecule has 2 heterocycles. The van der Waals surface area contributed by atoms with E-state index >= 15 is 0 Å². The second-order valence-electron chi connectivity index (χ2n) is 12.1. The second-order valence-corrected chi connectivity index (χ2v) is 18.2. The first-order chi connectivity index (χ1) is 24.0. The van der Waals surface area contributed by atoms with Crippen molar-refractivity contribution in [3.8, 4) is 0 Å². The molecule has 6 aromatic rings. The molecule has 6 aromatic carbocycles. The number of carboxylic acids is 2. The molecule has 2 aliphatic rings. The number of nitrogens with zero attached hydrogens (tertiary/aromatic N) is 2. The van der Waals surface area contributed by atoms with E-state index in [1.54, 1.807) is 0 Å². The van der Waals surface area contributed by atoms with Gasteiger partial charge in [-0.05, 0) is 0 Å². The van der Waals surface area contributed by atoms with E-state index in [1.807, 2.05) is 0 Å². The molecule has 2 aliphatic heterocycles. The van der Waals surface area contributed by atoms with Crippen molar-refractivity contribution >= 4 is 115 Å². The van der Waals surface area contributed by atoms with Gasteiger partial charge in [0.05, 0.1) is 0 Å². The Morgan fingerprint density at radius 1 is 0.592 bits per heavy atom. The Kier molecular flexibility index (Phi) is 8.83. The minimum atomic E-state index is -0.800. The maximum atomic E-state index is 11.7. The Bertz CT molecular complexity index is 2400. The van der Waals surface area contributed by atoms with Crippen LogP contribution < -0.4 is 17.0 Å². The van der Waals surface area contributed by atoms with Crippen molar-refractivity contribution in [2.24, 2.45) is 0 Å². The van der Waals surface area contributed by atoms with Gasteiger partial charge in [-0.25, -0.2) is 0 Å². The molecule has 1 atom stereocenters. The summed E-state index contributed by atoms with van der Waals surface area (Å²) in [5.74, 6) is -1.59. The number of hydrogen-bond acceptors (Lipinski definition) is 4. The van der Waals surface area contributed by atoms with E-state index in [-0.39, 0.29) is 16.9 Å². The van der Waals surface area contributed by atoms with Gasteiger partial charge in [0.15, 0.2) is 0 Å². The summed E-state index contributed by atoms with van der Waals surface area (Å²) in [6.07, 6.45) is 10.8. The summed E-state index contributed by atoms with van der Waals surface area (Å²) >= 11 is -1.48. The Hall–Kier alpha value is -4.30. The molecule has 2 N–H and O–H groups in total. The molecule has 0 bridgehead atoms. The maximum absolute atomic E-state index is 11.7. The van der Waals surface area contributed by atoms with E-state index in [2.05, 4.69) is 137 Å². The van der Waals surface area contributed by atoms with Crippen LogP contribution in [0.3, 0.4) is 0 Å². The zero-order chi connectivity index (χ0) is 33.5. The number of carbonyl (C=O) groups is 2. The third-order valence-electron chi connectivity index (χ3n) is 9.15. The van der Waals surface area contributed by atoms with Crippen LogP contribution in [-0.4, -0.2) is 81.2 Å². The van der Waals surface area contributed by atoms with Crippen LogP contribution in [0.2, 0.25) is 0 Å². The standard InChI is InChI=1S/C41H32N2O4Te2/c44-36(45)22-24-42-34(48-40-32-18-10-6-14-28(32)26-12-4-8-16-30(26)38(40)42)20-2-1-3-21-35-43(25-23-37(46)47)39-31-17-9-5-13-27(31)29-15-7-11-19-33(29)41(39)49-35/h1-21,34H,22-25H2,(H,44,45)(H,46,47)/b3-1+,20-2+,35-21+. The van der Waals surface area contributed by atoms with Gasteiger partial charge in [0, 0.05) is 0 Å². The zero-order valence-corrected chi connectivity index (χ0v) is 31.1. The molecule has 0 aromatic heterocycles. The van der Waals surface area contributed by atoms with Gasteiger partial charge in [0.25, 0.3) is 0 Å². The summed E-state index contributed by atoms with van der Waals surface area (Å²) in [6.45, 7) is 0.888. The average molecular weight is 872 g/mol. The molecule has 0 amide bonds. The van der Waals surface area contributed by atoms with Gasteiger partial charge in [-0.1, -0.05) is 0 Å². The summed E-state index contributed by atoms with van der Waals surface area (Å²) in [4.78, 5) is 28.0. The average Bonchev–Trinajstić information content (AvgIpc) is 3.68. The van der Waals surface area contributed by atoms with Crippen molar-refractivity contribution in [2.45, 2.75) is 16.9 Å². The molecule has 1 unspecified atom stereocenters. The molecule has 0 saturated heterocycles. The molecule has 0 fully saturated rings. The normalized spacial score (nSPS) is 16.7. The number of carboxylic acid groups (broad SMARTS) is 2. The number of rotatable bonds is 9. The van der Waals surface area contributed by atoms with Crippen LogP contribution >= 0.6 is 0 Å². The fraction of sp³-hybridized carbons (Fsp3) is 0.122. The number of anilines is 2. The predicted octanol–water partition coefficient (Wildman–Crippen LogP) is 6.53. The van der Waals surface area contributed by atoms with Crippen molar-refractivity contribution in [1.82, 2.24) is 0 Å². The predicted molar refractivity (Wildman–Crippen MR) is 203 cm³/mol. The Balaban J connectivity index is 1.13. The van der Waals surface area contributed by atoms with Crippen molar-refractivity contribution in [2.75, 3.05) is 22.9 Å². The molecule has 8 heteroatoms. The summed E-state index contributed by atoms with van der Waals surface area (Å²) in [5, 5.41) is 29.1. The first-order valence-electron chi connectivity index (χ1n) is 16.2. The monoisotopic (exact) mass is 876 g/mol. The molecule has 0 saturated carbocycles. The zero-order valence-electron chi connectivity index (χ0n) is 26.5. The molecule has 242 valence electrons. The first kappa shape index (κ1) is 31.9. The van der Waals surface area contributed by atoms with Crippen LogP contribution in [0, 0.1) is 0 Å². The van der Waals surface area contributed by atoms with Gasteiger partial charge >= 0.3 is 306 Å². The molecular formula is C41H32N2O4Te2. The number of hydrogen-bond donors (Lipinski definition) is 2. The first-order valence-corrected chi connectivity index (χ1v) is 21.1. The number of aliphatic carboxylic acids is 2. The van der Waals surface area contributed by atoms with Crippen molar-refractivity contribution < 1.29 is 19.8 Å². The van der Waals surface area contributed by atoms with Gasteiger partial charge in [-0.3, -0.25) is 0 Å². The van der Waals surface area contributed by atoms with E-state index in [1.165, 1.54) is 59.7 Å². The van der Waals surface area contributed by atoms with Gasteiger partial charge in [0.1, 0.15) is 0 Å². The van der Waals surface area contributed by atoms with Crippen molar-refractivity contribution in [3.63, 3.8) is 0 Å². The third-order valence-corrected chi connectivity index (χ3v) is 16.2. The molecule has 6 nitrogen and oxygen atoms in total. The summed E-state index contributed by atoms with van der Waals surface area (Å²) in [7, 11) is 0. The molecular weight excluding hydrogens is 840 g/mol. The molecule has 0 radical (unpaired) electrons. The number of benzene rings is 6. The Labute approximate surface area is 304 Å². The van der Waals surface area contributed by atoms with E-state index in [9.17, 15) is 19.8 Å². The van der Waals surface area contributed by atoms with E-state index in [0.29, 0.717) is 13.1 Å². The van der Waals surface area contributed by atoms with Crippen molar-refractivity contribution in [1.29, 1.82) is 0 Å². The minimum absolute atomic E-state index is 0.0661. The molecule has 0 spiro atoms. The van der Waals surface area contributed by atoms with Gasteiger partial charge in [-0.2, -0.15) is 0 Å².